The molecule has 1 aliphatic heterocycles. The third kappa shape index (κ3) is 2.00. The molecule has 1 fully saturated rings. The van der Waals surface area contributed by atoms with Crippen molar-refractivity contribution in [1.29, 1.82) is 5.26 Å². The molecule has 1 atom stereocenters. The highest BCUT2D eigenvalue weighted by Gasteiger charge is 2.31. The molecule has 1 aromatic carbocycles. The van der Waals surface area contributed by atoms with Crippen LogP contribution in [0.4, 0.5) is 10.1 Å². The molecule has 16 heavy (non-hydrogen) atoms. The second-order valence-electron chi connectivity index (χ2n) is 4.44. The summed E-state index contributed by atoms with van der Waals surface area (Å²) in [5, 5.41) is 18.4. The Kier molecular flexibility index (Phi) is 2.56. The Morgan fingerprint density at radius 2 is 2.31 bits per heavy atom. The van der Waals surface area contributed by atoms with Crippen LogP contribution >= 0.6 is 0 Å². The Balaban J connectivity index is 2.24. The molecular formula is C12H13FN2O. The van der Waals surface area contributed by atoms with E-state index in [1.807, 2.05) is 4.90 Å². The molecule has 1 aromatic rings. The third-order valence-electron chi connectivity index (χ3n) is 2.89. The zero-order valence-corrected chi connectivity index (χ0v) is 9.07. The van der Waals surface area contributed by atoms with Gasteiger partial charge in [-0.25, -0.2) is 4.39 Å². The molecule has 0 unspecified atom stereocenters. The van der Waals surface area contributed by atoms with Gasteiger partial charge in [-0.15, -0.1) is 0 Å². The van der Waals surface area contributed by atoms with Gasteiger partial charge in [0, 0.05) is 18.8 Å². The van der Waals surface area contributed by atoms with E-state index in [4.69, 9.17) is 5.26 Å². The Morgan fingerprint density at radius 3 is 2.81 bits per heavy atom. The Labute approximate surface area is 93.7 Å². The van der Waals surface area contributed by atoms with Gasteiger partial charge >= 0.3 is 0 Å². The van der Waals surface area contributed by atoms with E-state index in [1.165, 1.54) is 12.1 Å². The fourth-order valence-electron chi connectivity index (χ4n) is 1.96. The van der Waals surface area contributed by atoms with Crippen molar-refractivity contribution in [2.24, 2.45) is 0 Å². The molecule has 0 aromatic heterocycles. The van der Waals surface area contributed by atoms with Crippen molar-refractivity contribution < 1.29 is 9.50 Å². The average Bonchev–Trinajstić information content (AvgIpc) is 2.59. The lowest BCUT2D eigenvalue weighted by Crippen LogP contribution is -2.29. The van der Waals surface area contributed by atoms with E-state index in [2.05, 4.69) is 0 Å². The van der Waals surface area contributed by atoms with Crippen LogP contribution in [0.2, 0.25) is 0 Å². The Bertz CT molecular complexity index is 451. The second kappa shape index (κ2) is 3.76. The van der Waals surface area contributed by atoms with Crippen LogP contribution in [-0.2, 0) is 0 Å². The molecule has 4 heteroatoms. The quantitative estimate of drug-likeness (QED) is 0.783. The molecule has 2 rings (SSSR count). The maximum atomic E-state index is 13.4. The molecule has 0 radical (unpaired) electrons. The van der Waals surface area contributed by atoms with Gasteiger partial charge in [-0.3, -0.25) is 0 Å². The number of nitrogens with zero attached hydrogens (tertiary/aromatic N) is 2. The molecule has 0 spiro atoms. The Morgan fingerprint density at radius 1 is 1.56 bits per heavy atom. The minimum atomic E-state index is -0.704. The maximum Gasteiger partial charge on any atom is 0.143 e. The highest BCUT2D eigenvalue weighted by Crippen LogP contribution is 2.27. The van der Waals surface area contributed by atoms with Gasteiger partial charge in [0.25, 0.3) is 0 Å². The standard InChI is InChI=1S/C12H13FN2O/c1-12(16)4-5-15(8-12)10-3-2-9(7-14)11(13)6-10/h2-3,6,16H,4-5,8H2,1H3/t12-/m0/s1. The molecule has 0 saturated carbocycles. The number of hydrogen-bond donors (Lipinski definition) is 1. The summed E-state index contributed by atoms with van der Waals surface area (Å²) in [6, 6.07) is 6.31. The lowest BCUT2D eigenvalue weighted by Gasteiger charge is -2.20. The summed E-state index contributed by atoms with van der Waals surface area (Å²) in [5.41, 5.74) is 0.0636. The molecule has 3 nitrogen and oxygen atoms in total. The van der Waals surface area contributed by atoms with E-state index in [0.717, 1.165) is 0 Å². The summed E-state index contributed by atoms with van der Waals surface area (Å²) in [6.07, 6.45) is 0.675. The zero-order chi connectivity index (χ0) is 11.8. The van der Waals surface area contributed by atoms with Gasteiger partial charge in [0.15, 0.2) is 0 Å². The topological polar surface area (TPSA) is 47.3 Å². The van der Waals surface area contributed by atoms with E-state index in [1.54, 1.807) is 19.1 Å². The van der Waals surface area contributed by atoms with E-state index in [9.17, 15) is 9.50 Å². The first kappa shape index (κ1) is 10.9. The molecule has 1 aliphatic rings. The molecule has 0 amide bonds. The average molecular weight is 220 g/mol. The van der Waals surface area contributed by atoms with E-state index in [0.29, 0.717) is 25.2 Å². The van der Waals surface area contributed by atoms with Crippen LogP contribution in [0, 0.1) is 17.1 Å². The third-order valence-corrected chi connectivity index (χ3v) is 2.89. The molecule has 0 bridgehead atoms. The summed E-state index contributed by atoms with van der Waals surface area (Å²) >= 11 is 0. The first-order chi connectivity index (χ1) is 7.52. The van der Waals surface area contributed by atoms with Crippen LogP contribution in [0.5, 0.6) is 0 Å². The van der Waals surface area contributed by atoms with Gasteiger partial charge < -0.3 is 10.0 Å². The minimum absolute atomic E-state index is 0.0507. The number of benzene rings is 1. The maximum absolute atomic E-state index is 13.4. The van der Waals surface area contributed by atoms with Crippen LogP contribution < -0.4 is 4.90 Å². The number of hydrogen-bond acceptors (Lipinski definition) is 3. The summed E-state index contributed by atoms with van der Waals surface area (Å²) in [6.45, 7) is 2.98. The number of nitriles is 1. The molecule has 0 aliphatic carbocycles. The van der Waals surface area contributed by atoms with Gasteiger partial charge in [0.2, 0.25) is 0 Å². The van der Waals surface area contributed by atoms with Gasteiger partial charge in [-0.2, -0.15) is 5.26 Å². The summed E-state index contributed by atoms with van der Waals surface area (Å²) in [7, 11) is 0. The molecule has 1 saturated heterocycles. The molecule has 1 N–H and O–H groups in total. The van der Waals surface area contributed by atoms with Crippen molar-refractivity contribution in [2.45, 2.75) is 18.9 Å². The first-order valence-electron chi connectivity index (χ1n) is 5.19. The van der Waals surface area contributed by atoms with Crippen molar-refractivity contribution in [2.75, 3.05) is 18.0 Å². The predicted octanol–water partition coefficient (Wildman–Crippen LogP) is 1.66. The minimum Gasteiger partial charge on any atom is -0.388 e. The van der Waals surface area contributed by atoms with Crippen LogP contribution in [0.15, 0.2) is 18.2 Å². The van der Waals surface area contributed by atoms with E-state index >= 15 is 0 Å². The van der Waals surface area contributed by atoms with Crippen molar-refractivity contribution in [3.63, 3.8) is 0 Å². The van der Waals surface area contributed by atoms with Crippen molar-refractivity contribution in [3.8, 4) is 6.07 Å². The molecule has 1 heterocycles. The molecular weight excluding hydrogens is 207 g/mol. The monoisotopic (exact) mass is 220 g/mol. The number of halogens is 1. The van der Waals surface area contributed by atoms with Crippen LogP contribution in [-0.4, -0.2) is 23.8 Å². The fraction of sp³-hybridized carbons (Fsp3) is 0.417. The largest absolute Gasteiger partial charge is 0.388 e. The Hall–Kier alpha value is -1.60. The zero-order valence-electron chi connectivity index (χ0n) is 9.07. The lowest BCUT2D eigenvalue weighted by molar-refractivity contribution is 0.0839. The van der Waals surface area contributed by atoms with E-state index < -0.39 is 11.4 Å². The first-order valence-corrected chi connectivity index (χ1v) is 5.19. The van der Waals surface area contributed by atoms with Gasteiger partial charge in [0.05, 0.1) is 11.2 Å². The van der Waals surface area contributed by atoms with Crippen molar-refractivity contribution in [1.82, 2.24) is 0 Å². The van der Waals surface area contributed by atoms with Crippen molar-refractivity contribution in [3.05, 3.63) is 29.6 Å². The second-order valence-corrected chi connectivity index (χ2v) is 4.44. The van der Waals surface area contributed by atoms with Crippen molar-refractivity contribution >= 4 is 5.69 Å². The SMILES string of the molecule is C[C@]1(O)CCN(c2ccc(C#N)c(F)c2)C1. The van der Waals surface area contributed by atoms with E-state index in [-0.39, 0.29) is 5.56 Å². The van der Waals surface area contributed by atoms with Crippen LogP contribution in [0.25, 0.3) is 0 Å². The van der Waals surface area contributed by atoms with Gasteiger partial charge in [0.1, 0.15) is 11.9 Å². The van der Waals surface area contributed by atoms with Gasteiger partial charge in [-0.05, 0) is 31.5 Å². The fourth-order valence-corrected chi connectivity index (χ4v) is 1.96. The normalized spacial score (nSPS) is 24.5. The predicted molar refractivity (Wildman–Crippen MR) is 58.6 cm³/mol. The number of rotatable bonds is 1. The summed E-state index contributed by atoms with van der Waals surface area (Å²) in [4.78, 5) is 1.92. The number of β-amino-alcohol motifs (C(OH)–C–C–N with tert-alkyl or cyclic N) is 1. The summed E-state index contributed by atoms with van der Waals surface area (Å²) in [5.74, 6) is -0.508. The van der Waals surface area contributed by atoms with Gasteiger partial charge in [-0.1, -0.05) is 0 Å². The molecule has 84 valence electrons. The highest BCUT2D eigenvalue weighted by molar-refractivity contribution is 5.51. The van der Waals surface area contributed by atoms with Crippen LogP contribution in [0.1, 0.15) is 18.9 Å². The smallest absolute Gasteiger partial charge is 0.143 e. The van der Waals surface area contributed by atoms with Crippen LogP contribution in [0.3, 0.4) is 0 Å². The highest BCUT2D eigenvalue weighted by atomic mass is 19.1. The lowest BCUT2D eigenvalue weighted by atomic mass is 10.1. The number of anilines is 1. The summed E-state index contributed by atoms with van der Waals surface area (Å²) < 4.78 is 13.4. The number of aliphatic hydroxyl groups is 1.